The molecule has 0 radical (unpaired) electrons. The van der Waals surface area contributed by atoms with E-state index in [0.717, 1.165) is 0 Å². The van der Waals surface area contributed by atoms with Crippen molar-refractivity contribution < 1.29 is 0 Å². The Kier molecular flexibility index (Phi) is 2.58. The van der Waals surface area contributed by atoms with Gasteiger partial charge in [0.25, 0.3) is 0 Å². The van der Waals surface area contributed by atoms with Crippen LogP contribution in [0.25, 0.3) is 5.69 Å². The first-order valence-electron chi connectivity index (χ1n) is 3.58. The maximum Gasteiger partial charge on any atom is 0.248 e. The van der Waals surface area contributed by atoms with Crippen molar-refractivity contribution in [3.8, 4) is 5.69 Å². The van der Waals surface area contributed by atoms with Crippen LogP contribution in [0.2, 0.25) is 15.3 Å². The second-order valence-electron chi connectivity index (χ2n) is 2.46. The van der Waals surface area contributed by atoms with Crippen molar-refractivity contribution >= 4 is 34.8 Å². The van der Waals surface area contributed by atoms with E-state index >= 15 is 0 Å². The summed E-state index contributed by atoms with van der Waals surface area (Å²) < 4.78 is 1.32. The number of aromatic nitrogens is 4. The number of hydrogen-bond acceptors (Lipinski definition) is 3. The summed E-state index contributed by atoms with van der Waals surface area (Å²) in [7, 11) is 0. The van der Waals surface area contributed by atoms with Gasteiger partial charge in [-0.3, -0.25) is 0 Å². The maximum absolute atomic E-state index is 5.93. The zero-order valence-corrected chi connectivity index (χ0v) is 8.92. The lowest BCUT2D eigenvalue weighted by Crippen LogP contribution is -1.97. The van der Waals surface area contributed by atoms with Crippen molar-refractivity contribution in [1.29, 1.82) is 0 Å². The Morgan fingerprint density at radius 2 is 1.93 bits per heavy atom. The fraction of sp³-hybridized carbons (Fsp3) is 0. The first-order valence-corrected chi connectivity index (χ1v) is 4.71. The molecule has 1 aromatic heterocycles. The third-order valence-electron chi connectivity index (χ3n) is 1.57. The molecule has 0 spiro atoms. The highest BCUT2D eigenvalue weighted by molar-refractivity contribution is 6.36. The summed E-state index contributed by atoms with van der Waals surface area (Å²) in [6.45, 7) is 0. The molecule has 0 atom stereocenters. The molecule has 72 valence electrons. The van der Waals surface area contributed by atoms with Crippen molar-refractivity contribution in [1.82, 2.24) is 20.2 Å². The topological polar surface area (TPSA) is 43.6 Å². The normalized spacial score (nSPS) is 10.5. The van der Waals surface area contributed by atoms with Crippen LogP contribution in [0.3, 0.4) is 0 Å². The number of halogens is 3. The van der Waals surface area contributed by atoms with Gasteiger partial charge in [-0.2, -0.15) is 4.68 Å². The van der Waals surface area contributed by atoms with Gasteiger partial charge in [-0.1, -0.05) is 28.3 Å². The van der Waals surface area contributed by atoms with Gasteiger partial charge in [-0.05, 0) is 40.2 Å². The van der Waals surface area contributed by atoms with Crippen LogP contribution in [-0.4, -0.2) is 20.2 Å². The Balaban J connectivity index is 2.58. The monoisotopic (exact) mass is 248 g/mol. The zero-order chi connectivity index (χ0) is 10.1. The smallest absolute Gasteiger partial charge is 0.182 e. The van der Waals surface area contributed by atoms with Gasteiger partial charge in [0.15, 0.2) is 0 Å². The first-order chi connectivity index (χ1) is 6.68. The molecule has 0 unspecified atom stereocenters. The highest BCUT2D eigenvalue weighted by Gasteiger charge is 2.09. The Labute approximate surface area is 94.4 Å². The van der Waals surface area contributed by atoms with Gasteiger partial charge >= 0.3 is 0 Å². The van der Waals surface area contributed by atoms with Crippen molar-refractivity contribution in [2.45, 2.75) is 0 Å². The molecule has 7 heteroatoms. The van der Waals surface area contributed by atoms with Crippen molar-refractivity contribution in [2.24, 2.45) is 0 Å². The number of benzene rings is 1. The lowest BCUT2D eigenvalue weighted by atomic mass is 10.3. The van der Waals surface area contributed by atoms with Gasteiger partial charge in [-0.15, -0.1) is 0 Å². The second-order valence-corrected chi connectivity index (χ2v) is 3.64. The summed E-state index contributed by atoms with van der Waals surface area (Å²) in [5.74, 6) is 0. The van der Waals surface area contributed by atoms with Crippen molar-refractivity contribution in [3.63, 3.8) is 0 Å². The molecule has 2 rings (SSSR count). The van der Waals surface area contributed by atoms with Crippen molar-refractivity contribution in [3.05, 3.63) is 33.5 Å². The zero-order valence-electron chi connectivity index (χ0n) is 6.65. The molecule has 1 aromatic carbocycles. The second kappa shape index (κ2) is 3.73. The third-order valence-corrected chi connectivity index (χ3v) is 2.34. The average Bonchev–Trinajstić information content (AvgIpc) is 2.52. The Morgan fingerprint density at radius 3 is 2.50 bits per heavy atom. The van der Waals surface area contributed by atoms with Crippen LogP contribution in [0.1, 0.15) is 0 Å². The number of rotatable bonds is 1. The molecule has 0 N–H and O–H groups in total. The minimum atomic E-state index is 0.147. The van der Waals surface area contributed by atoms with Crippen LogP contribution in [-0.2, 0) is 0 Å². The summed E-state index contributed by atoms with van der Waals surface area (Å²) in [5, 5.41) is 11.7. The van der Waals surface area contributed by atoms with E-state index in [1.807, 2.05) is 0 Å². The number of tetrazole rings is 1. The molecular weight excluding hydrogens is 246 g/mol. The number of nitrogens with zero attached hydrogens (tertiary/aromatic N) is 4. The molecule has 0 saturated heterocycles. The molecule has 0 saturated carbocycles. The fourth-order valence-corrected chi connectivity index (χ4v) is 1.62. The van der Waals surface area contributed by atoms with E-state index in [1.54, 1.807) is 18.2 Å². The molecular formula is C7H3Cl3N4. The minimum absolute atomic E-state index is 0.147. The van der Waals surface area contributed by atoms with E-state index in [0.29, 0.717) is 15.7 Å². The predicted octanol–water partition coefficient (Wildman–Crippen LogP) is 2.62. The lowest BCUT2D eigenvalue weighted by molar-refractivity contribution is 0.789. The summed E-state index contributed by atoms with van der Waals surface area (Å²) in [4.78, 5) is 0. The Hall–Kier alpha value is -0.840. The van der Waals surface area contributed by atoms with Gasteiger partial charge in [0.05, 0.1) is 10.7 Å². The highest BCUT2D eigenvalue weighted by atomic mass is 35.5. The average molecular weight is 249 g/mol. The van der Waals surface area contributed by atoms with E-state index in [-0.39, 0.29) is 5.28 Å². The van der Waals surface area contributed by atoms with E-state index in [2.05, 4.69) is 15.5 Å². The molecule has 0 aliphatic carbocycles. The lowest BCUT2D eigenvalue weighted by Gasteiger charge is -2.02. The third kappa shape index (κ3) is 1.68. The molecule has 2 aromatic rings. The van der Waals surface area contributed by atoms with E-state index < -0.39 is 0 Å². The Bertz CT molecular complexity index is 468. The van der Waals surface area contributed by atoms with Gasteiger partial charge in [0.2, 0.25) is 5.28 Å². The predicted molar refractivity (Wildman–Crippen MR) is 54.2 cm³/mol. The summed E-state index contributed by atoms with van der Waals surface area (Å²) in [6.07, 6.45) is 0. The van der Waals surface area contributed by atoms with Crippen molar-refractivity contribution in [2.75, 3.05) is 0 Å². The first kappa shape index (κ1) is 9.71. The van der Waals surface area contributed by atoms with Gasteiger partial charge < -0.3 is 0 Å². The highest BCUT2D eigenvalue weighted by Crippen LogP contribution is 2.24. The Morgan fingerprint density at radius 1 is 1.14 bits per heavy atom. The minimum Gasteiger partial charge on any atom is -0.182 e. The quantitative estimate of drug-likeness (QED) is 0.780. The van der Waals surface area contributed by atoms with E-state index in [9.17, 15) is 0 Å². The number of hydrogen-bond donors (Lipinski definition) is 0. The van der Waals surface area contributed by atoms with Crippen LogP contribution in [0.15, 0.2) is 18.2 Å². The van der Waals surface area contributed by atoms with Gasteiger partial charge in [0.1, 0.15) is 0 Å². The maximum atomic E-state index is 5.93. The van der Waals surface area contributed by atoms with E-state index in [1.165, 1.54) is 4.68 Å². The SMILES string of the molecule is Clc1ccc(-n2nnnc2Cl)c(Cl)c1. The van der Waals surface area contributed by atoms with Gasteiger partial charge in [0, 0.05) is 5.02 Å². The standard InChI is InChI=1S/C7H3Cl3N4/c8-4-1-2-6(5(9)3-4)14-7(10)11-12-13-14/h1-3H. The van der Waals surface area contributed by atoms with Gasteiger partial charge in [-0.25, -0.2) is 0 Å². The summed E-state index contributed by atoms with van der Waals surface area (Å²) >= 11 is 17.4. The molecule has 4 nitrogen and oxygen atoms in total. The van der Waals surface area contributed by atoms with Crippen LogP contribution in [0.5, 0.6) is 0 Å². The molecule has 1 heterocycles. The summed E-state index contributed by atoms with van der Waals surface area (Å²) in [6, 6.07) is 4.96. The molecule has 0 amide bonds. The van der Waals surface area contributed by atoms with Crippen LogP contribution in [0, 0.1) is 0 Å². The van der Waals surface area contributed by atoms with Crippen LogP contribution in [0.4, 0.5) is 0 Å². The molecule has 0 aliphatic heterocycles. The fourth-order valence-electron chi connectivity index (χ4n) is 0.977. The molecule has 0 fully saturated rings. The van der Waals surface area contributed by atoms with Crippen LogP contribution < -0.4 is 0 Å². The largest absolute Gasteiger partial charge is 0.248 e. The van der Waals surface area contributed by atoms with E-state index in [4.69, 9.17) is 34.8 Å². The summed E-state index contributed by atoms with van der Waals surface area (Å²) in [5.41, 5.74) is 0.589. The molecule has 0 aliphatic rings. The molecule has 0 bridgehead atoms. The van der Waals surface area contributed by atoms with Crippen LogP contribution >= 0.6 is 34.8 Å². The molecule has 14 heavy (non-hydrogen) atoms.